The lowest BCUT2D eigenvalue weighted by molar-refractivity contribution is -0.0752. The lowest BCUT2D eigenvalue weighted by Crippen LogP contribution is -2.48. The zero-order valence-corrected chi connectivity index (χ0v) is 9.76. The Kier molecular flexibility index (Phi) is 3.69. The predicted octanol–water partition coefficient (Wildman–Crippen LogP) is -1.04. The SMILES string of the molecule is N=C1CCN([C@@H]2O[C@H](CO)[C@@H](O)[C@H]2O)C(=O)S1. The van der Waals surface area contributed by atoms with Crippen LogP contribution >= 0.6 is 11.8 Å². The molecule has 7 nitrogen and oxygen atoms in total. The molecule has 96 valence electrons. The number of carbonyl (C=O) groups excluding carboxylic acids is 1. The van der Waals surface area contributed by atoms with E-state index in [1.807, 2.05) is 0 Å². The second-order valence-electron chi connectivity index (χ2n) is 3.96. The van der Waals surface area contributed by atoms with Gasteiger partial charge < -0.3 is 25.0 Å². The summed E-state index contributed by atoms with van der Waals surface area (Å²) in [4.78, 5) is 12.9. The molecule has 17 heavy (non-hydrogen) atoms. The molecule has 2 fully saturated rings. The van der Waals surface area contributed by atoms with Crippen LogP contribution in [-0.2, 0) is 4.74 Å². The number of hydrogen-bond acceptors (Lipinski definition) is 7. The van der Waals surface area contributed by atoms with Gasteiger partial charge in [0.1, 0.15) is 18.3 Å². The maximum atomic E-state index is 11.7. The molecule has 4 atom stereocenters. The lowest BCUT2D eigenvalue weighted by atomic mass is 10.1. The van der Waals surface area contributed by atoms with Crippen molar-refractivity contribution >= 4 is 22.0 Å². The average molecular weight is 262 g/mol. The van der Waals surface area contributed by atoms with Crippen LogP contribution in [0.2, 0.25) is 0 Å². The largest absolute Gasteiger partial charge is 0.394 e. The van der Waals surface area contributed by atoms with Gasteiger partial charge in [-0.15, -0.1) is 0 Å². The highest BCUT2D eigenvalue weighted by Crippen LogP contribution is 2.29. The number of hydrogen-bond donors (Lipinski definition) is 4. The standard InChI is InChI=1S/C9H14N2O5S/c10-5-1-2-11(9(15)17-5)8-7(14)6(13)4(3-12)16-8/h4,6-8,10,12-14H,1-3H2/t4-,6-,7-,8-/m1/s1. The Labute approximate surface area is 102 Å². The maximum absolute atomic E-state index is 11.7. The molecule has 0 aromatic rings. The van der Waals surface area contributed by atoms with E-state index < -0.39 is 31.1 Å². The van der Waals surface area contributed by atoms with Gasteiger partial charge in [0.25, 0.3) is 5.24 Å². The number of ether oxygens (including phenoxy) is 1. The zero-order chi connectivity index (χ0) is 12.6. The molecule has 1 amide bonds. The van der Waals surface area contributed by atoms with Crippen LogP contribution in [0, 0.1) is 5.41 Å². The molecule has 0 unspecified atom stereocenters. The van der Waals surface area contributed by atoms with Crippen molar-refractivity contribution in [2.45, 2.75) is 31.0 Å². The second kappa shape index (κ2) is 4.91. The minimum Gasteiger partial charge on any atom is -0.394 e. The fourth-order valence-corrected chi connectivity index (χ4v) is 2.61. The number of amides is 1. The van der Waals surface area contributed by atoms with E-state index in [0.717, 1.165) is 11.8 Å². The Morgan fingerprint density at radius 2 is 2.18 bits per heavy atom. The van der Waals surface area contributed by atoms with Crippen molar-refractivity contribution in [2.75, 3.05) is 13.2 Å². The van der Waals surface area contributed by atoms with Crippen molar-refractivity contribution < 1.29 is 24.9 Å². The number of nitrogens with one attached hydrogen (secondary N) is 1. The van der Waals surface area contributed by atoms with Crippen LogP contribution in [0.3, 0.4) is 0 Å². The third-order valence-corrected chi connectivity index (χ3v) is 3.71. The van der Waals surface area contributed by atoms with Gasteiger partial charge in [-0.3, -0.25) is 10.2 Å². The van der Waals surface area contributed by atoms with Gasteiger partial charge in [-0.1, -0.05) is 0 Å². The smallest absolute Gasteiger partial charge is 0.289 e. The van der Waals surface area contributed by atoms with Crippen molar-refractivity contribution in [3.63, 3.8) is 0 Å². The summed E-state index contributed by atoms with van der Waals surface area (Å²) in [5.74, 6) is 0. The number of aliphatic hydroxyl groups excluding tert-OH is 3. The zero-order valence-electron chi connectivity index (χ0n) is 8.94. The fraction of sp³-hybridized carbons (Fsp3) is 0.778. The third kappa shape index (κ3) is 2.31. The molecule has 2 rings (SSSR count). The summed E-state index contributed by atoms with van der Waals surface area (Å²) in [6.07, 6.45) is -3.86. The van der Waals surface area contributed by atoms with Crippen molar-refractivity contribution in [1.29, 1.82) is 5.41 Å². The molecule has 8 heteroatoms. The second-order valence-corrected chi connectivity index (χ2v) is 5.01. The molecule has 0 aromatic heterocycles. The van der Waals surface area contributed by atoms with Gasteiger partial charge in [-0.2, -0.15) is 0 Å². The van der Waals surface area contributed by atoms with E-state index in [1.54, 1.807) is 0 Å². The normalized spacial score (nSPS) is 38.9. The molecule has 0 saturated carbocycles. The van der Waals surface area contributed by atoms with Gasteiger partial charge in [-0.25, -0.2) is 0 Å². The molecule has 2 saturated heterocycles. The summed E-state index contributed by atoms with van der Waals surface area (Å²) in [5, 5.41) is 35.5. The molecule has 0 aliphatic carbocycles. The van der Waals surface area contributed by atoms with Gasteiger partial charge >= 0.3 is 0 Å². The summed E-state index contributed by atoms with van der Waals surface area (Å²) in [7, 11) is 0. The first-order valence-electron chi connectivity index (χ1n) is 5.23. The van der Waals surface area contributed by atoms with Crippen LogP contribution in [0.4, 0.5) is 4.79 Å². The summed E-state index contributed by atoms with van der Waals surface area (Å²) in [6.45, 7) is -0.142. The van der Waals surface area contributed by atoms with E-state index in [4.69, 9.17) is 15.3 Å². The molecule has 0 bridgehead atoms. The molecule has 4 N–H and O–H groups in total. The number of nitrogens with zero attached hydrogens (tertiary/aromatic N) is 1. The van der Waals surface area contributed by atoms with E-state index in [-0.39, 0.29) is 16.8 Å². The highest BCUT2D eigenvalue weighted by atomic mass is 32.2. The lowest BCUT2D eigenvalue weighted by Gasteiger charge is -2.32. The monoisotopic (exact) mass is 262 g/mol. The van der Waals surface area contributed by atoms with Crippen molar-refractivity contribution in [1.82, 2.24) is 4.90 Å². The van der Waals surface area contributed by atoms with Crippen LogP contribution < -0.4 is 0 Å². The van der Waals surface area contributed by atoms with Crippen LogP contribution in [-0.4, -0.2) is 68.2 Å². The van der Waals surface area contributed by atoms with Gasteiger partial charge in [0.2, 0.25) is 0 Å². The van der Waals surface area contributed by atoms with E-state index >= 15 is 0 Å². The molecule has 0 aromatic carbocycles. The van der Waals surface area contributed by atoms with Crippen LogP contribution in [0.1, 0.15) is 6.42 Å². The van der Waals surface area contributed by atoms with Gasteiger partial charge in [0.05, 0.1) is 11.7 Å². The first-order chi connectivity index (χ1) is 8.04. The van der Waals surface area contributed by atoms with Crippen LogP contribution in [0.25, 0.3) is 0 Å². The van der Waals surface area contributed by atoms with E-state index in [0.29, 0.717) is 6.42 Å². The van der Waals surface area contributed by atoms with Gasteiger partial charge in [0, 0.05) is 13.0 Å². The van der Waals surface area contributed by atoms with E-state index in [1.165, 1.54) is 4.90 Å². The molecule has 2 aliphatic rings. The predicted molar refractivity (Wildman–Crippen MR) is 59.8 cm³/mol. The molecule has 2 aliphatic heterocycles. The van der Waals surface area contributed by atoms with Gasteiger partial charge in [-0.05, 0) is 11.8 Å². The first kappa shape index (κ1) is 12.8. The maximum Gasteiger partial charge on any atom is 0.289 e. The van der Waals surface area contributed by atoms with Crippen LogP contribution in [0.15, 0.2) is 0 Å². The summed E-state index contributed by atoms with van der Waals surface area (Å²) in [6, 6.07) is 0. The quantitative estimate of drug-likeness (QED) is 0.505. The summed E-state index contributed by atoms with van der Waals surface area (Å²) in [5.41, 5.74) is 0. The van der Waals surface area contributed by atoms with E-state index in [9.17, 15) is 15.0 Å². The Bertz CT molecular complexity index is 339. The molecular weight excluding hydrogens is 248 g/mol. The Balaban J connectivity index is 2.08. The third-order valence-electron chi connectivity index (χ3n) is 2.85. The van der Waals surface area contributed by atoms with Gasteiger partial charge in [0.15, 0.2) is 6.23 Å². The Hall–Kier alpha value is -0.670. The number of carbonyl (C=O) groups is 1. The number of aliphatic hydroxyl groups is 3. The molecule has 0 radical (unpaired) electrons. The Morgan fingerprint density at radius 1 is 1.47 bits per heavy atom. The van der Waals surface area contributed by atoms with E-state index in [2.05, 4.69) is 0 Å². The van der Waals surface area contributed by atoms with Crippen molar-refractivity contribution in [3.8, 4) is 0 Å². The molecular formula is C9H14N2O5S. The Morgan fingerprint density at radius 3 is 2.71 bits per heavy atom. The van der Waals surface area contributed by atoms with Crippen molar-refractivity contribution in [2.24, 2.45) is 0 Å². The van der Waals surface area contributed by atoms with Crippen molar-refractivity contribution in [3.05, 3.63) is 0 Å². The van der Waals surface area contributed by atoms with Crippen LogP contribution in [0.5, 0.6) is 0 Å². The molecule has 0 spiro atoms. The minimum absolute atomic E-state index is 0.275. The number of thioether (sulfide) groups is 1. The number of rotatable bonds is 2. The average Bonchev–Trinajstić information content (AvgIpc) is 2.57. The molecule has 2 heterocycles. The fourth-order valence-electron chi connectivity index (χ4n) is 1.90. The highest BCUT2D eigenvalue weighted by molar-refractivity contribution is 8.26. The first-order valence-corrected chi connectivity index (χ1v) is 6.04. The highest BCUT2D eigenvalue weighted by Gasteiger charge is 2.47. The minimum atomic E-state index is -1.23. The topological polar surface area (TPSA) is 114 Å². The summed E-state index contributed by atoms with van der Waals surface area (Å²) < 4.78 is 5.25. The summed E-state index contributed by atoms with van der Waals surface area (Å²) >= 11 is 0.783.